The van der Waals surface area contributed by atoms with Gasteiger partial charge in [0.2, 0.25) is 0 Å². The SMILES string of the molecule is Cc1cccc(C(=O)NCCCc2nc3ccccc3n2Cc2ccccc2C)c1. The van der Waals surface area contributed by atoms with E-state index in [1.807, 2.05) is 37.3 Å². The van der Waals surface area contributed by atoms with E-state index in [2.05, 4.69) is 59.3 Å². The minimum absolute atomic E-state index is 0.0212. The lowest BCUT2D eigenvalue weighted by Gasteiger charge is -2.12. The van der Waals surface area contributed by atoms with Crippen molar-refractivity contribution in [2.45, 2.75) is 33.2 Å². The summed E-state index contributed by atoms with van der Waals surface area (Å²) in [5.41, 5.74) is 6.56. The fourth-order valence-electron chi connectivity index (χ4n) is 3.79. The molecule has 0 aliphatic heterocycles. The van der Waals surface area contributed by atoms with E-state index in [0.717, 1.165) is 41.8 Å². The molecule has 0 aliphatic carbocycles. The van der Waals surface area contributed by atoms with Crippen molar-refractivity contribution in [2.75, 3.05) is 6.54 Å². The largest absolute Gasteiger partial charge is 0.352 e. The number of carbonyl (C=O) groups is 1. The molecule has 30 heavy (non-hydrogen) atoms. The summed E-state index contributed by atoms with van der Waals surface area (Å²) >= 11 is 0. The Morgan fingerprint density at radius 3 is 2.60 bits per heavy atom. The van der Waals surface area contributed by atoms with Crippen LogP contribution in [0, 0.1) is 13.8 Å². The van der Waals surface area contributed by atoms with E-state index in [0.29, 0.717) is 12.1 Å². The number of para-hydroxylation sites is 2. The summed E-state index contributed by atoms with van der Waals surface area (Å²) in [5, 5.41) is 3.03. The lowest BCUT2D eigenvalue weighted by atomic mass is 10.1. The van der Waals surface area contributed by atoms with Gasteiger partial charge >= 0.3 is 0 Å². The quantitative estimate of drug-likeness (QED) is 0.443. The number of nitrogens with zero attached hydrogens (tertiary/aromatic N) is 2. The van der Waals surface area contributed by atoms with Gasteiger partial charge in [-0.15, -0.1) is 0 Å². The summed E-state index contributed by atoms with van der Waals surface area (Å²) in [6, 6.07) is 24.4. The third-order valence-corrected chi connectivity index (χ3v) is 5.47. The molecule has 0 bridgehead atoms. The smallest absolute Gasteiger partial charge is 0.251 e. The highest BCUT2D eigenvalue weighted by atomic mass is 16.1. The lowest BCUT2D eigenvalue weighted by Crippen LogP contribution is -2.25. The standard InChI is InChI=1S/C26H27N3O/c1-19-9-7-12-21(17-19)26(30)27-16-8-15-25-28-23-13-5-6-14-24(23)29(25)18-22-11-4-3-10-20(22)2/h3-7,9-14,17H,8,15-16,18H2,1-2H3,(H,27,30). The third-order valence-electron chi connectivity index (χ3n) is 5.47. The molecule has 0 saturated carbocycles. The molecule has 0 radical (unpaired) electrons. The predicted octanol–water partition coefficient (Wildman–Crippen LogP) is 5.06. The zero-order valence-electron chi connectivity index (χ0n) is 17.6. The van der Waals surface area contributed by atoms with Crippen LogP contribution in [-0.2, 0) is 13.0 Å². The van der Waals surface area contributed by atoms with Crippen molar-refractivity contribution >= 4 is 16.9 Å². The number of aryl methyl sites for hydroxylation is 3. The summed E-state index contributed by atoms with van der Waals surface area (Å²) in [6.45, 7) is 5.57. The number of rotatable bonds is 7. The van der Waals surface area contributed by atoms with Crippen molar-refractivity contribution in [2.24, 2.45) is 0 Å². The molecule has 1 amide bonds. The third kappa shape index (κ3) is 4.43. The number of benzene rings is 3. The van der Waals surface area contributed by atoms with E-state index in [4.69, 9.17) is 4.98 Å². The van der Waals surface area contributed by atoms with Gasteiger partial charge in [0.1, 0.15) is 5.82 Å². The molecule has 152 valence electrons. The van der Waals surface area contributed by atoms with E-state index in [-0.39, 0.29) is 5.91 Å². The molecular formula is C26H27N3O. The Morgan fingerprint density at radius 1 is 0.967 bits per heavy atom. The lowest BCUT2D eigenvalue weighted by molar-refractivity contribution is 0.0953. The van der Waals surface area contributed by atoms with Crippen LogP contribution in [0.5, 0.6) is 0 Å². The highest BCUT2D eigenvalue weighted by Gasteiger charge is 2.12. The van der Waals surface area contributed by atoms with Crippen LogP contribution in [-0.4, -0.2) is 22.0 Å². The van der Waals surface area contributed by atoms with Crippen LogP contribution in [0.4, 0.5) is 0 Å². The maximum atomic E-state index is 12.4. The average Bonchev–Trinajstić information content (AvgIpc) is 3.10. The van der Waals surface area contributed by atoms with Gasteiger partial charge in [-0.3, -0.25) is 4.79 Å². The number of fused-ring (bicyclic) bond motifs is 1. The monoisotopic (exact) mass is 397 g/mol. The molecule has 4 heteroatoms. The van der Waals surface area contributed by atoms with E-state index in [9.17, 15) is 4.79 Å². The van der Waals surface area contributed by atoms with E-state index in [1.165, 1.54) is 11.1 Å². The van der Waals surface area contributed by atoms with Gasteiger partial charge in [-0.2, -0.15) is 0 Å². The van der Waals surface area contributed by atoms with E-state index >= 15 is 0 Å². The maximum Gasteiger partial charge on any atom is 0.251 e. The molecule has 0 unspecified atom stereocenters. The van der Waals surface area contributed by atoms with Crippen LogP contribution in [0.2, 0.25) is 0 Å². The Labute approximate surface area is 177 Å². The highest BCUT2D eigenvalue weighted by molar-refractivity contribution is 5.94. The van der Waals surface area contributed by atoms with Crippen molar-refractivity contribution in [3.05, 3.63) is 101 Å². The van der Waals surface area contributed by atoms with Crippen molar-refractivity contribution in [3.63, 3.8) is 0 Å². The fraction of sp³-hybridized carbons (Fsp3) is 0.231. The number of hydrogen-bond donors (Lipinski definition) is 1. The molecule has 0 spiro atoms. The van der Waals surface area contributed by atoms with Crippen LogP contribution in [0.15, 0.2) is 72.8 Å². The van der Waals surface area contributed by atoms with Crippen LogP contribution in [0.25, 0.3) is 11.0 Å². The van der Waals surface area contributed by atoms with Crippen LogP contribution >= 0.6 is 0 Å². The predicted molar refractivity (Wildman–Crippen MR) is 122 cm³/mol. The first-order valence-electron chi connectivity index (χ1n) is 10.5. The zero-order valence-corrected chi connectivity index (χ0v) is 17.6. The first-order valence-corrected chi connectivity index (χ1v) is 10.5. The number of imidazole rings is 1. The number of amides is 1. The molecule has 1 aromatic heterocycles. The fourth-order valence-corrected chi connectivity index (χ4v) is 3.79. The van der Waals surface area contributed by atoms with Crippen LogP contribution in [0.3, 0.4) is 0 Å². The van der Waals surface area contributed by atoms with Crippen LogP contribution < -0.4 is 5.32 Å². The Morgan fingerprint density at radius 2 is 1.77 bits per heavy atom. The minimum Gasteiger partial charge on any atom is -0.352 e. The van der Waals surface area contributed by atoms with Gasteiger partial charge in [0.05, 0.1) is 11.0 Å². The molecule has 1 heterocycles. The first kappa shape index (κ1) is 19.9. The van der Waals surface area contributed by atoms with Crippen molar-refractivity contribution < 1.29 is 4.79 Å². The minimum atomic E-state index is -0.0212. The molecule has 1 N–H and O–H groups in total. The normalized spacial score (nSPS) is 11.0. The summed E-state index contributed by atoms with van der Waals surface area (Å²) in [4.78, 5) is 17.2. The van der Waals surface area contributed by atoms with Gasteiger partial charge < -0.3 is 9.88 Å². The van der Waals surface area contributed by atoms with Crippen molar-refractivity contribution in [1.82, 2.24) is 14.9 Å². The second-order valence-electron chi connectivity index (χ2n) is 7.76. The van der Waals surface area contributed by atoms with Gasteiger partial charge in [0.25, 0.3) is 5.91 Å². The number of nitrogens with one attached hydrogen (secondary N) is 1. The van der Waals surface area contributed by atoms with Gasteiger partial charge in [0, 0.05) is 25.1 Å². The second kappa shape index (κ2) is 8.95. The Balaban J connectivity index is 1.46. The summed E-state index contributed by atoms with van der Waals surface area (Å²) < 4.78 is 2.31. The van der Waals surface area contributed by atoms with Gasteiger partial charge in [0.15, 0.2) is 0 Å². The topological polar surface area (TPSA) is 46.9 Å². The van der Waals surface area contributed by atoms with Gasteiger partial charge in [-0.1, -0.05) is 54.1 Å². The summed E-state index contributed by atoms with van der Waals surface area (Å²) in [7, 11) is 0. The van der Waals surface area contributed by atoms with Crippen molar-refractivity contribution in [1.29, 1.82) is 0 Å². The molecule has 0 saturated heterocycles. The molecule has 0 fully saturated rings. The summed E-state index contributed by atoms with van der Waals surface area (Å²) in [5.74, 6) is 1.04. The maximum absolute atomic E-state index is 12.4. The van der Waals surface area contributed by atoms with E-state index in [1.54, 1.807) is 0 Å². The molecule has 4 aromatic rings. The second-order valence-corrected chi connectivity index (χ2v) is 7.76. The summed E-state index contributed by atoms with van der Waals surface area (Å²) in [6.07, 6.45) is 1.66. The molecular weight excluding hydrogens is 370 g/mol. The Kier molecular flexibility index (Phi) is 5.94. The molecule has 3 aromatic carbocycles. The molecule has 4 nitrogen and oxygen atoms in total. The Bertz CT molecular complexity index is 1180. The number of aromatic nitrogens is 2. The molecule has 0 aliphatic rings. The zero-order chi connectivity index (χ0) is 20.9. The highest BCUT2D eigenvalue weighted by Crippen LogP contribution is 2.20. The molecule has 4 rings (SSSR count). The first-order chi connectivity index (χ1) is 14.6. The number of carbonyl (C=O) groups excluding carboxylic acids is 1. The molecule has 0 atom stereocenters. The van der Waals surface area contributed by atoms with Crippen LogP contribution in [0.1, 0.15) is 39.3 Å². The average molecular weight is 398 g/mol. The van der Waals surface area contributed by atoms with Crippen molar-refractivity contribution in [3.8, 4) is 0 Å². The number of hydrogen-bond acceptors (Lipinski definition) is 2. The van der Waals surface area contributed by atoms with E-state index < -0.39 is 0 Å². The van der Waals surface area contributed by atoms with Gasteiger partial charge in [-0.25, -0.2) is 4.98 Å². The Hall–Kier alpha value is -3.40. The van der Waals surface area contributed by atoms with Gasteiger partial charge in [-0.05, 0) is 55.7 Å².